The molecule has 11 nitrogen and oxygen atoms in total. The van der Waals surface area contributed by atoms with Crippen LogP contribution in [0.1, 0.15) is 76.9 Å². The number of pyridine rings is 1. The molecule has 1 aliphatic heterocycles. The number of hydrogen-bond donors (Lipinski definition) is 3. The van der Waals surface area contributed by atoms with E-state index in [-0.39, 0.29) is 27.8 Å². The monoisotopic (exact) mass is 604 g/mol. The molecule has 0 spiro atoms. The zero-order valence-corrected chi connectivity index (χ0v) is 25.6. The van der Waals surface area contributed by atoms with Gasteiger partial charge in [-0.2, -0.15) is 0 Å². The Morgan fingerprint density at radius 3 is 2.59 bits per heavy atom. The number of alkyl halides is 1. The van der Waals surface area contributed by atoms with Crippen molar-refractivity contribution in [2.45, 2.75) is 101 Å². The molecule has 1 amide bonds. The first-order chi connectivity index (χ1) is 19.3. The molecule has 1 saturated heterocycles. The first-order valence-electron chi connectivity index (χ1n) is 14.1. The summed E-state index contributed by atoms with van der Waals surface area (Å²) in [6.07, 6.45) is 5.07. The highest BCUT2D eigenvalue weighted by molar-refractivity contribution is 7.89. The van der Waals surface area contributed by atoms with Crippen molar-refractivity contribution in [3.05, 3.63) is 23.0 Å². The van der Waals surface area contributed by atoms with Crippen LogP contribution in [0.15, 0.2) is 17.2 Å². The molecule has 3 aromatic heterocycles. The molecule has 3 fully saturated rings. The van der Waals surface area contributed by atoms with Crippen LogP contribution >= 0.6 is 11.3 Å². The minimum atomic E-state index is -3.89. The molecular weight excluding hydrogens is 567 g/mol. The standard InChI is InChI=1S/C27H37FN8O3S2/c1-15(2)29-24(37)18-13-35(14-26(3,4)31-18)19-10-17(41(38,39)34-27(5)8-9-27)12-36-22(25-33-32-20(11-28)40-25)21(16-6-7-16)30-23(19)36/h10,12,15-16,18,31,34H,6-9,11,13-14H2,1-5H3,(H,29,37)/t18-/m0/s1. The molecule has 0 aromatic carbocycles. The van der Waals surface area contributed by atoms with Crippen molar-refractivity contribution >= 4 is 38.6 Å². The first-order valence-corrected chi connectivity index (χ1v) is 16.4. The lowest BCUT2D eigenvalue weighted by Crippen LogP contribution is -2.66. The van der Waals surface area contributed by atoms with Crippen molar-refractivity contribution in [2.75, 3.05) is 18.0 Å². The van der Waals surface area contributed by atoms with Gasteiger partial charge in [-0.3, -0.25) is 14.5 Å². The zero-order chi connectivity index (χ0) is 29.3. The van der Waals surface area contributed by atoms with Crippen LogP contribution in [0, 0.1) is 0 Å². The van der Waals surface area contributed by atoms with Crippen LogP contribution in [0.4, 0.5) is 10.1 Å². The number of piperazine rings is 1. The van der Waals surface area contributed by atoms with Gasteiger partial charge in [-0.15, -0.1) is 10.2 Å². The maximum absolute atomic E-state index is 13.7. The summed E-state index contributed by atoms with van der Waals surface area (Å²) in [6.45, 7) is 9.91. The second kappa shape index (κ2) is 9.96. The summed E-state index contributed by atoms with van der Waals surface area (Å²) >= 11 is 1.15. The average molecular weight is 605 g/mol. The van der Waals surface area contributed by atoms with E-state index in [2.05, 4.69) is 30.5 Å². The van der Waals surface area contributed by atoms with Gasteiger partial charge in [0.1, 0.15) is 28.3 Å². The number of nitrogens with one attached hydrogen (secondary N) is 3. The summed E-state index contributed by atoms with van der Waals surface area (Å²) in [5, 5.41) is 15.5. The van der Waals surface area contributed by atoms with Gasteiger partial charge in [0.05, 0.1) is 11.4 Å². The maximum Gasteiger partial charge on any atom is 0.242 e. The van der Waals surface area contributed by atoms with E-state index in [1.54, 1.807) is 16.7 Å². The van der Waals surface area contributed by atoms with E-state index in [9.17, 15) is 17.6 Å². The van der Waals surface area contributed by atoms with Gasteiger partial charge in [0, 0.05) is 42.3 Å². The van der Waals surface area contributed by atoms with Gasteiger partial charge in [0.25, 0.3) is 0 Å². The Labute approximate surface area is 243 Å². The van der Waals surface area contributed by atoms with Crippen molar-refractivity contribution in [2.24, 2.45) is 0 Å². The minimum absolute atomic E-state index is 0.0186. The molecular formula is C27H37FN8O3S2. The largest absolute Gasteiger partial charge is 0.365 e. The highest BCUT2D eigenvalue weighted by atomic mass is 32.2. The number of nitrogens with zero attached hydrogens (tertiary/aromatic N) is 5. The molecule has 4 heterocycles. The molecule has 0 radical (unpaired) electrons. The Balaban J connectivity index is 1.54. The van der Waals surface area contributed by atoms with Crippen LogP contribution < -0.4 is 20.3 Å². The Kier molecular flexibility index (Phi) is 6.91. The van der Waals surface area contributed by atoms with Crippen molar-refractivity contribution in [3.8, 4) is 10.7 Å². The molecule has 3 aromatic rings. The van der Waals surface area contributed by atoms with Crippen molar-refractivity contribution in [1.29, 1.82) is 0 Å². The predicted molar refractivity (Wildman–Crippen MR) is 155 cm³/mol. The van der Waals surface area contributed by atoms with Crippen LogP contribution in [0.2, 0.25) is 0 Å². The molecule has 6 rings (SSSR count). The molecule has 1 atom stereocenters. The third-order valence-corrected chi connectivity index (χ3v) is 10.3. The van der Waals surface area contributed by atoms with Gasteiger partial charge in [-0.1, -0.05) is 11.3 Å². The number of fused-ring (bicyclic) bond motifs is 1. The average Bonchev–Trinajstić information content (AvgIpc) is 3.77. The molecule has 41 heavy (non-hydrogen) atoms. The Hall–Kier alpha value is -2.68. The fraction of sp³-hybridized carbons (Fsp3) is 0.630. The zero-order valence-electron chi connectivity index (χ0n) is 24.0. The molecule has 3 N–H and O–H groups in total. The molecule has 2 aliphatic carbocycles. The summed E-state index contributed by atoms with van der Waals surface area (Å²) in [7, 11) is -3.89. The molecule has 222 valence electrons. The van der Waals surface area contributed by atoms with E-state index in [4.69, 9.17) is 4.98 Å². The van der Waals surface area contributed by atoms with E-state index < -0.39 is 33.8 Å². The van der Waals surface area contributed by atoms with Crippen molar-refractivity contribution in [1.82, 2.24) is 34.9 Å². The van der Waals surface area contributed by atoms with E-state index in [0.717, 1.165) is 42.7 Å². The number of rotatable bonds is 9. The van der Waals surface area contributed by atoms with Gasteiger partial charge in [-0.05, 0) is 66.4 Å². The van der Waals surface area contributed by atoms with Crippen LogP contribution in [0.5, 0.6) is 0 Å². The lowest BCUT2D eigenvalue weighted by Gasteiger charge is -2.44. The number of halogens is 1. The van der Waals surface area contributed by atoms with E-state index in [1.165, 1.54) is 0 Å². The predicted octanol–water partition coefficient (Wildman–Crippen LogP) is 3.11. The lowest BCUT2D eigenvalue weighted by molar-refractivity contribution is -0.124. The summed E-state index contributed by atoms with van der Waals surface area (Å²) in [4.78, 5) is 20.3. The van der Waals surface area contributed by atoms with Crippen LogP contribution in [0.25, 0.3) is 16.3 Å². The number of imidazole rings is 1. The SMILES string of the molecule is CC(C)NC(=O)[C@@H]1CN(c2cc(S(=O)(=O)NC3(C)CC3)cn3c(-c4nnc(CF)s4)c(C4CC4)nc23)CC(C)(C)N1. The smallest absolute Gasteiger partial charge is 0.242 e. The van der Waals surface area contributed by atoms with Gasteiger partial charge < -0.3 is 10.2 Å². The number of anilines is 1. The second-order valence-electron chi connectivity index (χ2n) is 12.8. The minimum Gasteiger partial charge on any atom is -0.365 e. The summed E-state index contributed by atoms with van der Waals surface area (Å²) < 4.78 is 45.6. The highest BCUT2D eigenvalue weighted by Gasteiger charge is 2.43. The van der Waals surface area contributed by atoms with E-state index in [1.807, 2.05) is 34.6 Å². The number of aromatic nitrogens is 4. The molecule has 3 aliphatic rings. The third kappa shape index (κ3) is 5.71. The lowest BCUT2D eigenvalue weighted by atomic mass is 9.97. The molecule has 0 bridgehead atoms. The van der Waals surface area contributed by atoms with Gasteiger partial charge >= 0.3 is 0 Å². The Morgan fingerprint density at radius 2 is 1.98 bits per heavy atom. The summed E-state index contributed by atoms with van der Waals surface area (Å²) in [5.41, 5.74) is 1.75. The Bertz CT molecular complexity index is 1610. The third-order valence-electron chi connectivity index (χ3n) is 7.78. The fourth-order valence-corrected chi connectivity index (χ4v) is 7.69. The maximum atomic E-state index is 13.7. The normalized spacial score (nSPS) is 21.9. The van der Waals surface area contributed by atoms with Gasteiger partial charge in [0.15, 0.2) is 10.7 Å². The number of amides is 1. The molecule has 14 heteroatoms. The number of sulfonamides is 1. The van der Waals surface area contributed by atoms with E-state index >= 15 is 0 Å². The molecule has 2 saturated carbocycles. The fourth-order valence-electron chi connectivity index (χ4n) is 5.47. The summed E-state index contributed by atoms with van der Waals surface area (Å²) in [5.74, 6) is 0.0965. The molecule has 0 unspecified atom stereocenters. The van der Waals surface area contributed by atoms with Crippen LogP contribution in [-0.4, -0.2) is 70.2 Å². The van der Waals surface area contributed by atoms with E-state index in [0.29, 0.717) is 35.1 Å². The highest BCUT2D eigenvalue weighted by Crippen LogP contribution is 2.46. The van der Waals surface area contributed by atoms with Crippen molar-refractivity contribution < 1.29 is 17.6 Å². The van der Waals surface area contributed by atoms with Gasteiger partial charge in [-0.25, -0.2) is 22.5 Å². The Morgan fingerprint density at radius 1 is 1.24 bits per heavy atom. The quantitative estimate of drug-likeness (QED) is 0.339. The van der Waals surface area contributed by atoms with Crippen LogP contribution in [0.3, 0.4) is 0 Å². The number of carbonyl (C=O) groups excluding carboxylic acids is 1. The second-order valence-corrected chi connectivity index (χ2v) is 15.5. The van der Waals surface area contributed by atoms with Crippen molar-refractivity contribution in [3.63, 3.8) is 0 Å². The number of carbonyl (C=O) groups is 1. The number of hydrogen-bond acceptors (Lipinski definition) is 9. The van der Waals surface area contributed by atoms with Crippen LogP contribution in [-0.2, 0) is 21.5 Å². The van der Waals surface area contributed by atoms with Gasteiger partial charge in [0.2, 0.25) is 15.9 Å². The first kappa shape index (κ1) is 28.4. The summed E-state index contributed by atoms with van der Waals surface area (Å²) in [6, 6.07) is 1.13. The topological polar surface area (TPSA) is 134 Å².